The number of benzene rings is 1. The van der Waals surface area contributed by atoms with Crippen LogP contribution in [0.1, 0.15) is 74.5 Å². The highest BCUT2D eigenvalue weighted by Crippen LogP contribution is 2.33. The second-order valence-electron chi connectivity index (χ2n) is 10.5. The summed E-state index contributed by atoms with van der Waals surface area (Å²) < 4.78 is 1.97. The van der Waals surface area contributed by atoms with Gasteiger partial charge < -0.3 is 4.98 Å². The predicted molar refractivity (Wildman–Crippen MR) is 143 cm³/mol. The van der Waals surface area contributed by atoms with Gasteiger partial charge in [0.1, 0.15) is 0 Å². The average molecular weight is 493 g/mol. The molecule has 0 radical (unpaired) electrons. The average Bonchev–Trinajstić information content (AvgIpc) is 3.47. The molecule has 8 heteroatoms. The van der Waals surface area contributed by atoms with Crippen molar-refractivity contribution >= 4 is 22.2 Å². The second kappa shape index (κ2) is 10.0. The fraction of sp³-hybridized carbons (Fsp3) is 0.481. The van der Waals surface area contributed by atoms with Crippen LogP contribution in [0.4, 0.5) is 0 Å². The Hall–Kier alpha value is -2.84. The number of nitrogens with one attached hydrogen (secondary N) is 1. The number of hydrogen-bond acceptors (Lipinski definition) is 6. The van der Waals surface area contributed by atoms with Crippen molar-refractivity contribution < 1.29 is 0 Å². The zero-order valence-corrected chi connectivity index (χ0v) is 22.6. The first kappa shape index (κ1) is 25.3. The summed E-state index contributed by atoms with van der Waals surface area (Å²) in [6.45, 7) is 16.2. The van der Waals surface area contributed by atoms with Gasteiger partial charge in [0, 0.05) is 23.5 Å². The molecule has 3 heterocycles. The van der Waals surface area contributed by atoms with Crippen molar-refractivity contribution in [2.45, 2.75) is 79.6 Å². The maximum absolute atomic E-state index is 13.2. The topological polar surface area (TPSA) is 79.7 Å². The summed E-state index contributed by atoms with van der Waals surface area (Å²) in [6.07, 6.45) is 0.907. The summed E-state index contributed by atoms with van der Waals surface area (Å²) in [6, 6.07) is 10.4. The highest BCUT2D eigenvalue weighted by Gasteiger charge is 2.34. The third kappa shape index (κ3) is 5.23. The number of aromatic nitrogens is 5. The number of aryl methyl sites for hydroxylation is 2. The minimum absolute atomic E-state index is 0.0448. The number of thiophene rings is 1. The van der Waals surface area contributed by atoms with E-state index < -0.39 is 0 Å². The Kier molecular flexibility index (Phi) is 7.24. The van der Waals surface area contributed by atoms with Crippen LogP contribution in [0.5, 0.6) is 0 Å². The van der Waals surface area contributed by atoms with Crippen molar-refractivity contribution in [3.63, 3.8) is 0 Å². The Morgan fingerprint density at radius 3 is 2.60 bits per heavy atom. The fourth-order valence-corrected chi connectivity index (χ4v) is 5.50. The molecule has 0 amide bonds. The van der Waals surface area contributed by atoms with E-state index in [1.54, 1.807) is 11.3 Å². The molecule has 186 valence electrons. The SMILES string of the molecule is CCC(C)(C)n1nnnc1[C@H](C(C)C)N(Cc1cccs1)Cc1cc2cc(C)cc(C)c2[nH]c1=O. The molecule has 1 aromatic carbocycles. The molecule has 1 atom stereocenters. The first-order valence-corrected chi connectivity index (χ1v) is 13.2. The summed E-state index contributed by atoms with van der Waals surface area (Å²) in [7, 11) is 0. The lowest BCUT2D eigenvalue weighted by Crippen LogP contribution is -2.38. The molecular formula is C27H36N6OS. The van der Waals surface area contributed by atoms with E-state index in [1.807, 2.05) is 17.7 Å². The molecule has 0 spiro atoms. The minimum Gasteiger partial charge on any atom is -0.321 e. The standard InChI is InChI=1S/C27H36N6OS/c1-8-27(6,7)33-25(29-30-31-33)24(17(2)3)32(16-22-10-9-11-35-22)15-21-14-20-13-18(4)12-19(5)23(20)28-26(21)34/h9-14,17,24H,8,15-16H2,1-7H3,(H,28,34)/t24-/m0/s1. The fourth-order valence-electron chi connectivity index (χ4n) is 4.77. The van der Waals surface area contributed by atoms with E-state index in [9.17, 15) is 4.79 Å². The highest BCUT2D eigenvalue weighted by molar-refractivity contribution is 7.09. The largest absolute Gasteiger partial charge is 0.321 e. The normalized spacial score (nSPS) is 13.3. The Labute approximate surface area is 211 Å². The van der Waals surface area contributed by atoms with Crippen molar-refractivity contribution in [1.82, 2.24) is 30.1 Å². The third-order valence-corrected chi connectivity index (χ3v) is 7.77. The quantitative estimate of drug-likeness (QED) is 0.322. The Bertz CT molecular complexity index is 1350. The highest BCUT2D eigenvalue weighted by atomic mass is 32.1. The van der Waals surface area contributed by atoms with Gasteiger partial charge in [-0.1, -0.05) is 38.5 Å². The molecule has 35 heavy (non-hydrogen) atoms. The number of nitrogens with zero attached hydrogens (tertiary/aromatic N) is 5. The van der Waals surface area contributed by atoms with Crippen LogP contribution in [0.3, 0.4) is 0 Å². The Morgan fingerprint density at radius 2 is 1.94 bits per heavy atom. The van der Waals surface area contributed by atoms with Crippen LogP contribution in [0.2, 0.25) is 0 Å². The van der Waals surface area contributed by atoms with Crippen LogP contribution in [0.25, 0.3) is 10.9 Å². The molecule has 0 fully saturated rings. The molecule has 0 aliphatic rings. The summed E-state index contributed by atoms with van der Waals surface area (Å²) in [5.41, 5.74) is 3.67. The van der Waals surface area contributed by atoms with Gasteiger partial charge in [0.2, 0.25) is 0 Å². The lowest BCUT2D eigenvalue weighted by atomic mass is 9.97. The van der Waals surface area contributed by atoms with Gasteiger partial charge in [-0.3, -0.25) is 9.69 Å². The van der Waals surface area contributed by atoms with Crippen molar-refractivity contribution in [1.29, 1.82) is 0 Å². The predicted octanol–water partition coefficient (Wildman–Crippen LogP) is 5.74. The number of H-pyrrole nitrogens is 1. The van der Waals surface area contributed by atoms with Gasteiger partial charge in [-0.15, -0.1) is 16.4 Å². The van der Waals surface area contributed by atoms with Crippen molar-refractivity contribution in [3.8, 4) is 0 Å². The monoisotopic (exact) mass is 492 g/mol. The van der Waals surface area contributed by atoms with Gasteiger partial charge >= 0.3 is 0 Å². The molecule has 7 nitrogen and oxygen atoms in total. The van der Waals surface area contributed by atoms with E-state index in [0.717, 1.165) is 34.3 Å². The third-order valence-electron chi connectivity index (χ3n) is 6.90. The van der Waals surface area contributed by atoms with Crippen LogP contribution >= 0.6 is 11.3 Å². The summed E-state index contributed by atoms with van der Waals surface area (Å²) in [4.78, 5) is 20.0. The van der Waals surface area contributed by atoms with Gasteiger partial charge in [-0.05, 0) is 85.0 Å². The van der Waals surface area contributed by atoms with E-state index in [1.165, 1.54) is 10.4 Å². The van der Waals surface area contributed by atoms with E-state index in [-0.39, 0.29) is 23.1 Å². The zero-order chi connectivity index (χ0) is 25.3. The lowest BCUT2D eigenvalue weighted by molar-refractivity contribution is 0.119. The van der Waals surface area contributed by atoms with Gasteiger partial charge in [0.15, 0.2) is 5.82 Å². The molecule has 4 rings (SSSR count). The minimum atomic E-state index is -0.212. The van der Waals surface area contributed by atoms with Crippen LogP contribution in [0, 0.1) is 19.8 Å². The van der Waals surface area contributed by atoms with Crippen LogP contribution < -0.4 is 5.56 Å². The molecule has 0 saturated heterocycles. The van der Waals surface area contributed by atoms with E-state index in [4.69, 9.17) is 0 Å². The van der Waals surface area contributed by atoms with Crippen molar-refractivity contribution in [3.05, 3.63) is 73.5 Å². The molecule has 0 aliphatic carbocycles. The van der Waals surface area contributed by atoms with Crippen LogP contribution in [-0.4, -0.2) is 30.1 Å². The number of rotatable bonds is 9. The maximum atomic E-state index is 13.2. The summed E-state index contributed by atoms with van der Waals surface area (Å²) >= 11 is 1.73. The van der Waals surface area contributed by atoms with Gasteiger partial charge in [-0.2, -0.15) is 0 Å². The lowest BCUT2D eigenvalue weighted by Gasteiger charge is -2.35. The van der Waals surface area contributed by atoms with Crippen molar-refractivity contribution in [2.24, 2.45) is 5.92 Å². The summed E-state index contributed by atoms with van der Waals surface area (Å²) in [5.74, 6) is 1.07. The van der Waals surface area contributed by atoms with Crippen LogP contribution in [-0.2, 0) is 18.6 Å². The van der Waals surface area contributed by atoms with Crippen molar-refractivity contribution in [2.75, 3.05) is 0 Å². The van der Waals surface area contributed by atoms with Crippen LogP contribution in [0.15, 0.2) is 40.5 Å². The zero-order valence-electron chi connectivity index (χ0n) is 21.8. The second-order valence-corrected chi connectivity index (χ2v) is 11.5. The number of hydrogen-bond donors (Lipinski definition) is 1. The van der Waals surface area contributed by atoms with E-state index in [2.05, 4.69) is 96.6 Å². The molecular weight excluding hydrogens is 456 g/mol. The first-order chi connectivity index (χ1) is 16.6. The molecule has 0 saturated carbocycles. The number of pyridine rings is 1. The molecule has 0 unspecified atom stereocenters. The maximum Gasteiger partial charge on any atom is 0.252 e. The number of aromatic amines is 1. The molecule has 4 aromatic rings. The molecule has 0 bridgehead atoms. The number of fused-ring (bicyclic) bond motifs is 1. The molecule has 3 aromatic heterocycles. The first-order valence-electron chi connectivity index (χ1n) is 12.3. The smallest absolute Gasteiger partial charge is 0.252 e. The molecule has 0 aliphatic heterocycles. The van der Waals surface area contributed by atoms with Gasteiger partial charge in [-0.25, -0.2) is 4.68 Å². The van der Waals surface area contributed by atoms with E-state index in [0.29, 0.717) is 13.1 Å². The molecule has 1 N–H and O–H groups in total. The van der Waals surface area contributed by atoms with Gasteiger partial charge in [0.05, 0.1) is 17.1 Å². The number of tetrazole rings is 1. The van der Waals surface area contributed by atoms with Gasteiger partial charge in [0.25, 0.3) is 5.56 Å². The Morgan fingerprint density at radius 1 is 1.17 bits per heavy atom. The Balaban J connectivity index is 1.81. The van der Waals surface area contributed by atoms with E-state index >= 15 is 0 Å². The summed E-state index contributed by atoms with van der Waals surface area (Å²) in [5, 5.41) is 16.1.